The monoisotopic (exact) mass is 300 g/mol. The van der Waals surface area contributed by atoms with Crippen molar-refractivity contribution in [2.45, 2.75) is 58.8 Å². The zero-order valence-corrected chi connectivity index (χ0v) is 13.2. The van der Waals surface area contributed by atoms with Gasteiger partial charge in [0.25, 0.3) is 0 Å². The minimum atomic E-state index is -0.176. The number of unbranched alkanes of at least 4 members (excludes halogenated alkanes) is 2. The molecule has 0 unspecified atom stereocenters. The van der Waals surface area contributed by atoms with Gasteiger partial charge in [-0.1, -0.05) is 13.3 Å². The van der Waals surface area contributed by atoms with Crippen molar-refractivity contribution >= 4 is 17.8 Å². The van der Waals surface area contributed by atoms with Crippen molar-refractivity contribution in [3.63, 3.8) is 0 Å². The SMILES string of the molecule is CCCC(=O)NCCNC(=O)CCCCCC(=O)OCC. The second-order valence-electron chi connectivity index (χ2n) is 4.82. The van der Waals surface area contributed by atoms with E-state index in [2.05, 4.69) is 10.6 Å². The molecule has 0 spiro atoms. The minimum Gasteiger partial charge on any atom is -0.466 e. The molecule has 0 aromatic rings. The Balaban J connectivity index is 3.38. The highest BCUT2D eigenvalue weighted by molar-refractivity contribution is 5.77. The van der Waals surface area contributed by atoms with Gasteiger partial charge in [0.15, 0.2) is 0 Å². The summed E-state index contributed by atoms with van der Waals surface area (Å²) in [5.41, 5.74) is 0. The number of esters is 1. The lowest BCUT2D eigenvalue weighted by Crippen LogP contribution is -2.34. The van der Waals surface area contributed by atoms with E-state index in [0.717, 1.165) is 25.7 Å². The first kappa shape index (κ1) is 19.4. The Kier molecular flexibility index (Phi) is 12.4. The first-order valence-electron chi connectivity index (χ1n) is 7.79. The predicted octanol–water partition coefficient (Wildman–Crippen LogP) is 1.53. The molecule has 6 heteroatoms. The minimum absolute atomic E-state index is 0.0177. The fourth-order valence-electron chi connectivity index (χ4n) is 1.77. The van der Waals surface area contributed by atoms with E-state index in [4.69, 9.17) is 4.74 Å². The van der Waals surface area contributed by atoms with Gasteiger partial charge in [0.05, 0.1) is 6.61 Å². The van der Waals surface area contributed by atoms with E-state index in [-0.39, 0.29) is 17.8 Å². The lowest BCUT2D eigenvalue weighted by molar-refractivity contribution is -0.143. The molecule has 0 saturated carbocycles. The van der Waals surface area contributed by atoms with Crippen molar-refractivity contribution in [3.05, 3.63) is 0 Å². The topological polar surface area (TPSA) is 84.5 Å². The molecule has 21 heavy (non-hydrogen) atoms. The summed E-state index contributed by atoms with van der Waals surface area (Å²) in [7, 11) is 0. The van der Waals surface area contributed by atoms with Crippen LogP contribution in [-0.2, 0) is 19.1 Å². The molecule has 0 rings (SSSR count). The van der Waals surface area contributed by atoms with E-state index in [0.29, 0.717) is 39.0 Å². The van der Waals surface area contributed by atoms with Crippen LogP contribution in [0.15, 0.2) is 0 Å². The molecule has 122 valence electrons. The Hall–Kier alpha value is -1.59. The lowest BCUT2D eigenvalue weighted by atomic mass is 10.1. The van der Waals surface area contributed by atoms with Crippen LogP contribution in [0.1, 0.15) is 58.8 Å². The molecular weight excluding hydrogens is 272 g/mol. The summed E-state index contributed by atoms with van der Waals surface area (Å²) < 4.78 is 4.82. The van der Waals surface area contributed by atoms with E-state index in [1.165, 1.54) is 0 Å². The summed E-state index contributed by atoms with van der Waals surface area (Å²) in [5, 5.41) is 5.49. The molecule has 0 heterocycles. The van der Waals surface area contributed by atoms with Crippen molar-refractivity contribution in [1.29, 1.82) is 0 Å². The zero-order chi connectivity index (χ0) is 15.9. The third-order valence-electron chi connectivity index (χ3n) is 2.84. The maximum absolute atomic E-state index is 11.5. The fourth-order valence-corrected chi connectivity index (χ4v) is 1.77. The Morgan fingerprint density at radius 1 is 0.810 bits per heavy atom. The highest BCUT2D eigenvalue weighted by Gasteiger charge is 2.04. The van der Waals surface area contributed by atoms with Crippen LogP contribution < -0.4 is 10.6 Å². The molecule has 2 amide bonds. The smallest absolute Gasteiger partial charge is 0.305 e. The maximum Gasteiger partial charge on any atom is 0.305 e. The van der Waals surface area contributed by atoms with Gasteiger partial charge in [0.1, 0.15) is 0 Å². The van der Waals surface area contributed by atoms with Crippen molar-refractivity contribution in [2.75, 3.05) is 19.7 Å². The number of carbonyl (C=O) groups is 3. The van der Waals surface area contributed by atoms with Crippen LogP contribution in [0.5, 0.6) is 0 Å². The average Bonchev–Trinajstić information content (AvgIpc) is 2.44. The molecule has 0 bridgehead atoms. The fraction of sp³-hybridized carbons (Fsp3) is 0.800. The van der Waals surface area contributed by atoms with Crippen molar-refractivity contribution in [2.24, 2.45) is 0 Å². The summed E-state index contributed by atoms with van der Waals surface area (Å²) in [6.07, 6.45) is 4.55. The van der Waals surface area contributed by atoms with Gasteiger partial charge >= 0.3 is 5.97 Å². The Labute approximate surface area is 127 Å². The van der Waals surface area contributed by atoms with E-state index in [1.807, 2.05) is 6.92 Å². The van der Waals surface area contributed by atoms with Gasteiger partial charge in [0.2, 0.25) is 11.8 Å². The van der Waals surface area contributed by atoms with Gasteiger partial charge in [-0.3, -0.25) is 14.4 Å². The van der Waals surface area contributed by atoms with Crippen molar-refractivity contribution in [3.8, 4) is 0 Å². The van der Waals surface area contributed by atoms with E-state index >= 15 is 0 Å². The molecule has 6 nitrogen and oxygen atoms in total. The van der Waals surface area contributed by atoms with Crippen molar-refractivity contribution in [1.82, 2.24) is 10.6 Å². The number of rotatable bonds is 12. The van der Waals surface area contributed by atoms with E-state index < -0.39 is 0 Å². The average molecular weight is 300 g/mol. The summed E-state index contributed by atoms with van der Waals surface area (Å²) in [4.78, 5) is 33.7. The van der Waals surface area contributed by atoms with Crippen LogP contribution in [-0.4, -0.2) is 37.5 Å². The van der Waals surface area contributed by atoms with Crippen LogP contribution >= 0.6 is 0 Å². The molecule has 0 atom stereocenters. The summed E-state index contributed by atoms with van der Waals surface area (Å²) in [6.45, 7) is 5.07. The molecule has 0 fully saturated rings. The molecule has 0 aliphatic rings. The molecule has 0 radical (unpaired) electrons. The molecule has 0 aromatic heterocycles. The van der Waals surface area contributed by atoms with Gasteiger partial charge in [0, 0.05) is 32.4 Å². The number of carbonyl (C=O) groups excluding carboxylic acids is 3. The summed E-state index contributed by atoms with van der Waals surface area (Å²) >= 11 is 0. The highest BCUT2D eigenvalue weighted by atomic mass is 16.5. The van der Waals surface area contributed by atoms with Gasteiger partial charge in [-0.05, 0) is 26.2 Å². The summed E-state index contributed by atoms with van der Waals surface area (Å²) in [5.74, 6) is -0.175. The lowest BCUT2D eigenvalue weighted by Gasteiger charge is -2.06. The maximum atomic E-state index is 11.5. The summed E-state index contributed by atoms with van der Waals surface area (Å²) in [6, 6.07) is 0. The third kappa shape index (κ3) is 13.2. The van der Waals surface area contributed by atoms with Gasteiger partial charge in [-0.2, -0.15) is 0 Å². The molecule has 0 aromatic carbocycles. The van der Waals surface area contributed by atoms with Gasteiger partial charge < -0.3 is 15.4 Å². The van der Waals surface area contributed by atoms with Crippen LogP contribution in [0.25, 0.3) is 0 Å². The van der Waals surface area contributed by atoms with Crippen molar-refractivity contribution < 1.29 is 19.1 Å². The number of amides is 2. The van der Waals surface area contributed by atoms with E-state index in [9.17, 15) is 14.4 Å². The second kappa shape index (κ2) is 13.4. The normalized spacial score (nSPS) is 10.0. The number of hydrogen-bond acceptors (Lipinski definition) is 4. The Morgan fingerprint density at radius 2 is 1.38 bits per heavy atom. The molecule has 0 aliphatic carbocycles. The first-order chi connectivity index (χ1) is 10.1. The molecule has 2 N–H and O–H groups in total. The number of hydrogen-bond donors (Lipinski definition) is 2. The molecule has 0 saturated heterocycles. The van der Waals surface area contributed by atoms with Gasteiger partial charge in [-0.25, -0.2) is 0 Å². The highest BCUT2D eigenvalue weighted by Crippen LogP contribution is 2.04. The van der Waals surface area contributed by atoms with E-state index in [1.54, 1.807) is 6.92 Å². The first-order valence-corrected chi connectivity index (χ1v) is 7.79. The number of ether oxygens (including phenoxy) is 1. The third-order valence-corrected chi connectivity index (χ3v) is 2.84. The molecule has 0 aliphatic heterocycles. The standard InChI is InChI=1S/C15H28N2O4/c1-3-8-13(18)16-11-12-17-14(19)9-6-5-7-10-15(20)21-4-2/h3-12H2,1-2H3,(H,16,18)(H,17,19). The second-order valence-corrected chi connectivity index (χ2v) is 4.82. The number of nitrogens with one attached hydrogen (secondary N) is 2. The Bertz CT molecular complexity index is 319. The van der Waals surface area contributed by atoms with Crippen LogP contribution in [0.4, 0.5) is 0 Å². The quantitative estimate of drug-likeness (QED) is 0.423. The largest absolute Gasteiger partial charge is 0.466 e. The Morgan fingerprint density at radius 3 is 1.95 bits per heavy atom. The molecular formula is C15H28N2O4. The van der Waals surface area contributed by atoms with Crippen LogP contribution in [0.3, 0.4) is 0 Å². The van der Waals surface area contributed by atoms with Gasteiger partial charge in [-0.15, -0.1) is 0 Å². The zero-order valence-electron chi connectivity index (χ0n) is 13.2. The predicted molar refractivity (Wildman–Crippen MR) is 80.6 cm³/mol. The van der Waals surface area contributed by atoms with Crippen LogP contribution in [0.2, 0.25) is 0 Å². The van der Waals surface area contributed by atoms with Crippen LogP contribution in [0, 0.1) is 0 Å².